The van der Waals surface area contributed by atoms with Gasteiger partial charge in [-0.1, -0.05) is 43.7 Å². The zero-order valence-electron chi connectivity index (χ0n) is 12.6. The number of carbonyl (C=O) groups excluding carboxylic acids is 1. The van der Waals surface area contributed by atoms with Crippen LogP contribution < -0.4 is 5.32 Å². The quantitative estimate of drug-likeness (QED) is 0.893. The standard InChI is InChI=1S/C18H20FNO/c1-12(2)17(14-8-10-16(19)11-9-14)20-18(21)15-6-4-13(3)5-7-15/h4-12,17H,1-3H3,(H,20,21). The molecule has 2 nitrogen and oxygen atoms in total. The third kappa shape index (κ3) is 3.91. The van der Waals surface area contributed by atoms with Crippen LogP contribution in [0.25, 0.3) is 0 Å². The van der Waals surface area contributed by atoms with E-state index in [-0.39, 0.29) is 23.7 Å². The Balaban J connectivity index is 2.18. The number of hydrogen-bond donors (Lipinski definition) is 1. The third-order valence-electron chi connectivity index (χ3n) is 3.50. The van der Waals surface area contributed by atoms with Crippen LogP contribution in [0.5, 0.6) is 0 Å². The molecule has 1 atom stereocenters. The summed E-state index contributed by atoms with van der Waals surface area (Å²) in [7, 11) is 0. The lowest BCUT2D eigenvalue weighted by Crippen LogP contribution is -2.31. The van der Waals surface area contributed by atoms with E-state index in [1.54, 1.807) is 12.1 Å². The number of hydrogen-bond acceptors (Lipinski definition) is 1. The van der Waals surface area contributed by atoms with E-state index in [2.05, 4.69) is 5.32 Å². The highest BCUT2D eigenvalue weighted by atomic mass is 19.1. The highest BCUT2D eigenvalue weighted by molar-refractivity contribution is 5.94. The number of halogens is 1. The van der Waals surface area contributed by atoms with E-state index < -0.39 is 0 Å². The van der Waals surface area contributed by atoms with E-state index in [4.69, 9.17) is 0 Å². The first kappa shape index (κ1) is 15.2. The van der Waals surface area contributed by atoms with E-state index in [1.165, 1.54) is 12.1 Å². The van der Waals surface area contributed by atoms with Crippen molar-refractivity contribution in [3.8, 4) is 0 Å². The molecular weight excluding hydrogens is 265 g/mol. The summed E-state index contributed by atoms with van der Waals surface area (Å²) < 4.78 is 13.0. The average molecular weight is 285 g/mol. The third-order valence-corrected chi connectivity index (χ3v) is 3.50. The van der Waals surface area contributed by atoms with Crippen LogP contribution in [0.1, 0.15) is 41.4 Å². The summed E-state index contributed by atoms with van der Waals surface area (Å²) in [6, 6.07) is 13.6. The number of nitrogens with one attached hydrogen (secondary N) is 1. The maximum atomic E-state index is 13.0. The zero-order valence-corrected chi connectivity index (χ0v) is 12.6. The number of amides is 1. The Labute approximate surface area is 125 Å². The Bertz CT molecular complexity index is 602. The zero-order chi connectivity index (χ0) is 15.4. The van der Waals surface area contributed by atoms with Crippen molar-refractivity contribution in [1.82, 2.24) is 5.32 Å². The molecular formula is C18H20FNO. The van der Waals surface area contributed by atoms with Crippen molar-refractivity contribution < 1.29 is 9.18 Å². The van der Waals surface area contributed by atoms with Crippen molar-refractivity contribution in [1.29, 1.82) is 0 Å². The second-order valence-electron chi connectivity index (χ2n) is 5.61. The molecule has 21 heavy (non-hydrogen) atoms. The normalized spacial score (nSPS) is 12.2. The Hall–Kier alpha value is -2.16. The molecule has 1 N–H and O–H groups in total. The lowest BCUT2D eigenvalue weighted by Gasteiger charge is -2.23. The lowest BCUT2D eigenvalue weighted by atomic mass is 9.95. The van der Waals surface area contributed by atoms with Crippen LogP contribution in [0.15, 0.2) is 48.5 Å². The molecule has 110 valence electrons. The predicted octanol–water partition coefficient (Wildman–Crippen LogP) is 4.26. The van der Waals surface area contributed by atoms with Gasteiger partial charge in [0.05, 0.1) is 6.04 Å². The van der Waals surface area contributed by atoms with E-state index in [0.717, 1.165) is 11.1 Å². The fourth-order valence-corrected chi connectivity index (χ4v) is 2.23. The van der Waals surface area contributed by atoms with Gasteiger partial charge in [0.15, 0.2) is 0 Å². The number of benzene rings is 2. The molecule has 3 heteroatoms. The van der Waals surface area contributed by atoms with E-state index in [0.29, 0.717) is 5.56 Å². The minimum atomic E-state index is -0.272. The molecule has 1 amide bonds. The maximum Gasteiger partial charge on any atom is 0.251 e. The number of aryl methyl sites for hydroxylation is 1. The topological polar surface area (TPSA) is 29.1 Å². The minimum Gasteiger partial charge on any atom is -0.345 e. The molecule has 0 aliphatic rings. The van der Waals surface area contributed by atoms with Crippen molar-refractivity contribution in [3.63, 3.8) is 0 Å². The smallest absolute Gasteiger partial charge is 0.251 e. The van der Waals surface area contributed by atoms with Crippen LogP contribution in [0, 0.1) is 18.7 Å². The van der Waals surface area contributed by atoms with Gasteiger partial charge in [-0.25, -0.2) is 4.39 Å². The molecule has 0 spiro atoms. The first-order chi connectivity index (χ1) is 9.97. The molecule has 0 aliphatic heterocycles. The van der Waals surface area contributed by atoms with E-state index in [1.807, 2.05) is 45.0 Å². The predicted molar refractivity (Wildman–Crippen MR) is 82.6 cm³/mol. The minimum absolute atomic E-state index is 0.113. The second-order valence-corrected chi connectivity index (χ2v) is 5.61. The molecule has 0 aromatic heterocycles. The molecule has 0 bridgehead atoms. The molecule has 0 heterocycles. The van der Waals surface area contributed by atoms with Gasteiger partial charge in [0.25, 0.3) is 5.91 Å². The van der Waals surface area contributed by atoms with E-state index >= 15 is 0 Å². The number of carbonyl (C=O) groups is 1. The van der Waals surface area contributed by atoms with Crippen molar-refractivity contribution >= 4 is 5.91 Å². The summed E-state index contributed by atoms with van der Waals surface area (Å²) in [5.74, 6) is -0.172. The highest BCUT2D eigenvalue weighted by Crippen LogP contribution is 2.22. The molecule has 2 aromatic carbocycles. The Morgan fingerprint density at radius 3 is 2.10 bits per heavy atom. The summed E-state index contributed by atoms with van der Waals surface area (Å²) in [6.07, 6.45) is 0. The van der Waals surface area contributed by atoms with Gasteiger partial charge >= 0.3 is 0 Å². The first-order valence-electron chi connectivity index (χ1n) is 7.10. The van der Waals surface area contributed by atoms with Gasteiger partial charge in [-0.05, 0) is 42.7 Å². The molecule has 1 unspecified atom stereocenters. The van der Waals surface area contributed by atoms with Gasteiger partial charge in [-0.2, -0.15) is 0 Å². The maximum absolute atomic E-state index is 13.0. The summed E-state index contributed by atoms with van der Waals surface area (Å²) >= 11 is 0. The Kier molecular flexibility index (Phi) is 4.73. The first-order valence-corrected chi connectivity index (χ1v) is 7.10. The lowest BCUT2D eigenvalue weighted by molar-refractivity contribution is 0.0925. The van der Waals surface area contributed by atoms with Gasteiger partial charge in [0.1, 0.15) is 5.82 Å². The van der Waals surface area contributed by atoms with Gasteiger partial charge in [0, 0.05) is 5.56 Å². The fraction of sp³-hybridized carbons (Fsp3) is 0.278. The van der Waals surface area contributed by atoms with E-state index in [9.17, 15) is 9.18 Å². The number of rotatable bonds is 4. The molecule has 2 aromatic rings. The molecule has 0 saturated heterocycles. The monoisotopic (exact) mass is 285 g/mol. The van der Waals surface area contributed by atoms with Crippen LogP contribution in [-0.4, -0.2) is 5.91 Å². The molecule has 0 aliphatic carbocycles. The van der Waals surface area contributed by atoms with Crippen molar-refractivity contribution in [2.75, 3.05) is 0 Å². The SMILES string of the molecule is Cc1ccc(C(=O)NC(c2ccc(F)cc2)C(C)C)cc1. The van der Waals surface area contributed by atoms with Crippen LogP contribution in [-0.2, 0) is 0 Å². The summed E-state index contributed by atoms with van der Waals surface area (Å²) in [5, 5.41) is 3.03. The molecule has 0 fully saturated rings. The van der Waals surface area contributed by atoms with Gasteiger partial charge in [-0.15, -0.1) is 0 Å². The highest BCUT2D eigenvalue weighted by Gasteiger charge is 2.19. The van der Waals surface area contributed by atoms with Crippen LogP contribution >= 0.6 is 0 Å². The Morgan fingerprint density at radius 1 is 1.00 bits per heavy atom. The summed E-state index contributed by atoms with van der Waals surface area (Å²) in [6.45, 7) is 6.05. The Morgan fingerprint density at radius 2 is 1.57 bits per heavy atom. The van der Waals surface area contributed by atoms with Crippen LogP contribution in [0.2, 0.25) is 0 Å². The van der Waals surface area contributed by atoms with Gasteiger partial charge in [0.2, 0.25) is 0 Å². The summed E-state index contributed by atoms with van der Waals surface area (Å²) in [4.78, 5) is 12.3. The largest absolute Gasteiger partial charge is 0.345 e. The van der Waals surface area contributed by atoms with Gasteiger partial charge in [-0.3, -0.25) is 4.79 Å². The fourth-order valence-electron chi connectivity index (χ4n) is 2.23. The van der Waals surface area contributed by atoms with Crippen LogP contribution in [0.4, 0.5) is 4.39 Å². The summed E-state index contributed by atoms with van der Waals surface area (Å²) in [5.41, 5.74) is 2.66. The molecule has 0 saturated carbocycles. The van der Waals surface area contributed by atoms with Crippen molar-refractivity contribution in [2.45, 2.75) is 26.8 Å². The van der Waals surface area contributed by atoms with Crippen molar-refractivity contribution in [3.05, 3.63) is 71.0 Å². The molecule has 0 radical (unpaired) electrons. The van der Waals surface area contributed by atoms with Crippen molar-refractivity contribution in [2.24, 2.45) is 5.92 Å². The van der Waals surface area contributed by atoms with Gasteiger partial charge < -0.3 is 5.32 Å². The molecule has 2 rings (SSSR count). The average Bonchev–Trinajstić information content (AvgIpc) is 2.46. The van der Waals surface area contributed by atoms with Crippen LogP contribution in [0.3, 0.4) is 0 Å². The second kappa shape index (κ2) is 6.53.